The molecule has 328 valence electrons. The minimum atomic E-state index is -1.92. The summed E-state index contributed by atoms with van der Waals surface area (Å²) in [5.74, 6) is 4.98. The second-order valence-corrected chi connectivity index (χ2v) is 25.7. The Morgan fingerprint density at radius 1 is 0.949 bits per heavy atom. The molecule has 1 saturated heterocycles. The molecule has 10 atom stereocenters. The molecule has 0 spiro atoms. The first-order chi connectivity index (χ1) is 27.8. The molecule has 59 heavy (non-hydrogen) atoms. The lowest BCUT2D eigenvalue weighted by Gasteiger charge is -2.72. The Labute approximate surface area is 357 Å². The van der Waals surface area contributed by atoms with Crippen LogP contribution in [-0.2, 0) is 14.7 Å². The quantitative estimate of drug-likeness (QED) is 0.150. The highest BCUT2D eigenvalue weighted by Crippen LogP contribution is 2.76. The molecule has 0 bridgehead atoms. The standard InChI is InChI=1S/C50H77N3O5S/c1-34(2)36-17-24-50(51-27-28-53-29-31-59(9,56)32-30-53)26-25-47(6)38(43(36)50)13-14-40-46(5)20-18-37(45(3,4)39(46)19-21-48(40,47)7)35-15-22-49(23-16-35,44(54)55)33-58-42-12-10-11-41(52-42)57-8/h10-12,15,18,36,38-40,43,51,59H,1,13-14,16-17,19-33H2,2-9H3,(H,54,55)/t36-,38+,39-,40+,43+,46-,47+,48+,49+,50-/m0/s1. The van der Waals surface area contributed by atoms with Crippen molar-refractivity contribution in [3.05, 3.63) is 53.6 Å². The van der Waals surface area contributed by atoms with Crippen LogP contribution < -0.4 is 14.8 Å². The molecule has 1 aromatic heterocycles. The molecule has 0 radical (unpaired) electrons. The normalized spacial score (nSPS) is 41.8. The number of pyridine rings is 1. The summed E-state index contributed by atoms with van der Waals surface area (Å²) in [4.78, 5) is 19.7. The molecule has 1 aliphatic heterocycles. The van der Waals surface area contributed by atoms with Gasteiger partial charge in [-0.05, 0) is 153 Å². The molecule has 7 aliphatic rings. The number of hydrogen-bond donors (Lipinski definition) is 3. The van der Waals surface area contributed by atoms with Crippen LogP contribution in [0.25, 0.3) is 0 Å². The predicted octanol–water partition coefficient (Wildman–Crippen LogP) is 9.15. The Kier molecular flexibility index (Phi) is 11.3. The SMILES string of the molecule is C=C(C)[C@@H]1CC[C@]2(NCCN3CC[SH](C)(=O)CC3)CC[C@]3(C)[C@H](CC[C@@H]4[C@@]5(C)CC=C(C6=CC[C@@](COc7cccc(OC)n7)(C(=O)O)CC6)C(C)(C)[C@@H]5CC[C@]43C)[C@@H]12. The van der Waals surface area contributed by atoms with Crippen LogP contribution in [0.3, 0.4) is 0 Å². The number of methoxy groups -OCH3 is 1. The van der Waals surface area contributed by atoms with E-state index in [4.69, 9.17) is 9.47 Å². The van der Waals surface area contributed by atoms with Gasteiger partial charge in [0.2, 0.25) is 11.8 Å². The highest BCUT2D eigenvalue weighted by Gasteiger charge is 2.70. The fraction of sp³-hybridized carbons (Fsp3) is 0.760. The highest BCUT2D eigenvalue weighted by molar-refractivity contribution is 8.02. The first-order valence-electron chi connectivity index (χ1n) is 23.3. The minimum absolute atomic E-state index is 0.00666. The zero-order valence-corrected chi connectivity index (χ0v) is 38.7. The summed E-state index contributed by atoms with van der Waals surface area (Å²) in [5, 5.41) is 14.8. The maximum Gasteiger partial charge on any atom is 0.313 e. The molecule has 2 N–H and O–H groups in total. The topological polar surface area (TPSA) is 101 Å². The average molecular weight is 832 g/mol. The number of carboxylic acid groups (broad SMARTS) is 1. The van der Waals surface area contributed by atoms with Crippen LogP contribution in [0.15, 0.2) is 53.6 Å². The smallest absolute Gasteiger partial charge is 0.313 e. The van der Waals surface area contributed by atoms with E-state index in [1.165, 1.54) is 68.1 Å². The van der Waals surface area contributed by atoms with Gasteiger partial charge in [0, 0.05) is 55.4 Å². The first kappa shape index (κ1) is 43.2. The number of allylic oxidation sites excluding steroid dienone is 5. The van der Waals surface area contributed by atoms with Gasteiger partial charge in [-0.25, -0.2) is 0 Å². The van der Waals surface area contributed by atoms with E-state index in [1.54, 1.807) is 19.2 Å². The Bertz CT molecular complexity index is 1910. The van der Waals surface area contributed by atoms with E-state index in [0.29, 0.717) is 54.2 Å². The molecular formula is C50H77N3O5S. The lowest BCUT2D eigenvalue weighted by Crippen LogP contribution is -2.68. The van der Waals surface area contributed by atoms with Crippen LogP contribution in [0.1, 0.15) is 119 Å². The fourth-order valence-electron chi connectivity index (χ4n) is 15.6. The Balaban J connectivity index is 1.00. The van der Waals surface area contributed by atoms with Crippen LogP contribution >= 0.6 is 0 Å². The zero-order chi connectivity index (χ0) is 42.2. The van der Waals surface area contributed by atoms with E-state index in [2.05, 4.69) is 75.5 Å². The van der Waals surface area contributed by atoms with Crippen molar-refractivity contribution in [3.63, 3.8) is 0 Å². The number of aliphatic carboxylic acids is 1. The Morgan fingerprint density at radius 2 is 1.69 bits per heavy atom. The zero-order valence-electron chi connectivity index (χ0n) is 37.8. The highest BCUT2D eigenvalue weighted by atomic mass is 32.2. The van der Waals surface area contributed by atoms with Gasteiger partial charge in [-0.1, -0.05) is 65.0 Å². The van der Waals surface area contributed by atoms with Gasteiger partial charge in [0.15, 0.2) is 0 Å². The molecule has 2 heterocycles. The van der Waals surface area contributed by atoms with Gasteiger partial charge in [0.05, 0.1) is 7.11 Å². The van der Waals surface area contributed by atoms with Crippen molar-refractivity contribution < 1.29 is 23.6 Å². The molecule has 0 unspecified atom stereocenters. The first-order valence-corrected chi connectivity index (χ1v) is 25.8. The summed E-state index contributed by atoms with van der Waals surface area (Å²) < 4.78 is 24.0. The van der Waals surface area contributed by atoms with E-state index in [1.807, 2.05) is 12.3 Å². The third kappa shape index (κ3) is 7.11. The Hall–Kier alpha value is -2.49. The van der Waals surface area contributed by atoms with Crippen molar-refractivity contribution in [1.82, 2.24) is 15.2 Å². The van der Waals surface area contributed by atoms with Crippen molar-refractivity contribution in [2.45, 2.75) is 124 Å². The number of fused-ring (bicyclic) bond motifs is 7. The number of carbonyl (C=O) groups is 1. The number of nitrogens with one attached hydrogen (secondary N) is 1. The molecule has 0 aromatic carbocycles. The lowest BCUT2D eigenvalue weighted by molar-refractivity contribution is -0.221. The number of aromatic nitrogens is 1. The van der Waals surface area contributed by atoms with Gasteiger partial charge in [0.25, 0.3) is 0 Å². The third-order valence-corrected chi connectivity index (χ3v) is 21.4. The van der Waals surface area contributed by atoms with E-state index >= 15 is 0 Å². The average Bonchev–Trinajstić information content (AvgIpc) is 3.58. The van der Waals surface area contributed by atoms with E-state index in [9.17, 15) is 14.1 Å². The van der Waals surface area contributed by atoms with Crippen LogP contribution in [-0.4, -0.2) is 88.4 Å². The summed E-state index contributed by atoms with van der Waals surface area (Å²) in [6.45, 7) is 24.3. The van der Waals surface area contributed by atoms with Gasteiger partial charge < -0.3 is 24.8 Å². The number of ether oxygens (including phenoxy) is 2. The summed E-state index contributed by atoms with van der Waals surface area (Å²) in [7, 11) is -0.351. The minimum Gasteiger partial charge on any atom is -0.481 e. The van der Waals surface area contributed by atoms with Crippen molar-refractivity contribution in [2.75, 3.05) is 57.7 Å². The van der Waals surface area contributed by atoms with Crippen molar-refractivity contribution in [3.8, 4) is 11.8 Å². The van der Waals surface area contributed by atoms with E-state index < -0.39 is 21.3 Å². The molecule has 9 heteroatoms. The molecule has 4 saturated carbocycles. The summed E-state index contributed by atoms with van der Waals surface area (Å²) >= 11 is 0. The largest absolute Gasteiger partial charge is 0.481 e. The summed E-state index contributed by atoms with van der Waals surface area (Å²) in [6.07, 6.45) is 20.0. The molecule has 8 nitrogen and oxygen atoms in total. The molecule has 8 rings (SSSR count). The van der Waals surface area contributed by atoms with Crippen LogP contribution in [0.5, 0.6) is 11.8 Å². The molecule has 1 aromatic rings. The van der Waals surface area contributed by atoms with E-state index in [-0.39, 0.29) is 33.8 Å². The van der Waals surface area contributed by atoms with Crippen LogP contribution in [0.2, 0.25) is 0 Å². The number of hydrogen-bond acceptors (Lipinski definition) is 7. The number of nitrogens with zero attached hydrogens (tertiary/aromatic N) is 2. The van der Waals surface area contributed by atoms with Crippen LogP contribution in [0.4, 0.5) is 0 Å². The van der Waals surface area contributed by atoms with Crippen LogP contribution in [0, 0.1) is 56.7 Å². The number of rotatable bonds is 11. The lowest BCUT2D eigenvalue weighted by atomic mass is 9.33. The van der Waals surface area contributed by atoms with Gasteiger partial charge in [-0.15, -0.1) is 9.93 Å². The van der Waals surface area contributed by atoms with Gasteiger partial charge >= 0.3 is 5.97 Å². The van der Waals surface area contributed by atoms with E-state index in [0.717, 1.165) is 50.5 Å². The van der Waals surface area contributed by atoms with Gasteiger partial charge in [0.1, 0.15) is 12.0 Å². The second-order valence-electron chi connectivity index (χ2n) is 22.2. The molecule has 5 fully saturated rings. The van der Waals surface area contributed by atoms with Crippen molar-refractivity contribution >= 4 is 15.9 Å². The second kappa shape index (κ2) is 15.4. The molecule has 0 amide bonds. The van der Waals surface area contributed by atoms with Gasteiger partial charge in [-0.2, -0.15) is 4.98 Å². The maximum atomic E-state index is 12.8. The number of carboxylic acids is 1. The molecule has 6 aliphatic carbocycles. The third-order valence-electron chi connectivity index (χ3n) is 19.1. The van der Waals surface area contributed by atoms with Crippen molar-refractivity contribution in [1.29, 1.82) is 0 Å². The fourth-order valence-corrected chi connectivity index (χ4v) is 17.2. The van der Waals surface area contributed by atoms with Gasteiger partial charge in [-0.3, -0.25) is 9.00 Å². The Morgan fingerprint density at radius 3 is 2.37 bits per heavy atom. The molecular weight excluding hydrogens is 755 g/mol. The van der Waals surface area contributed by atoms with Crippen molar-refractivity contribution in [2.24, 2.45) is 56.7 Å². The number of thiol groups is 1. The summed E-state index contributed by atoms with van der Waals surface area (Å²) in [5.41, 5.74) is 4.23. The maximum absolute atomic E-state index is 12.8. The summed E-state index contributed by atoms with van der Waals surface area (Å²) in [6, 6.07) is 5.34. The predicted molar refractivity (Wildman–Crippen MR) is 241 cm³/mol. The monoisotopic (exact) mass is 832 g/mol.